The van der Waals surface area contributed by atoms with E-state index in [1.807, 2.05) is 67.6 Å². The molecular formula is C43H43ClF2N4O5. The smallest absolute Gasteiger partial charge is 0.407 e. The molecule has 6 rings (SSSR count). The molecule has 5 aromatic rings. The highest BCUT2D eigenvalue weighted by Crippen LogP contribution is 2.44. The van der Waals surface area contributed by atoms with Gasteiger partial charge in [0.25, 0.3) is 0 Å². The molecule has 1 aliphatic carbocycles. The summed E-state index contributed by atoms with van der Waals surface area (Å²) in [4.78, 5) is 39.2. The summed E-state index contributed by atoms with van der Waals surface area (Å²) in [5.74, 6) is -2.51. The number of carbonyl (C=O) groups is 3. The lowest BCUT2D eigenvalue weighted by molar-refractivity contribution is -0.129. The predicted molar refractivity (Wildman–Crippen MR) is 209 cm³/mol. The van der Waals surface area contributed by atoms with Crippen molar-refractivity contribution in [3.8, 4) is 16.9 Å². The number of benzene rings is 5. The lowest BCUT2D eigenvalue weighted by atomic mass is 9.98. The Morgan fingerprint density at radius 2 is 1.25 bits per heavy atom. The van der Waals surface area contributed by atoms with Crippen molar-refractivity contribution < 1.29 is 32.6 Å². The summed E-state index contributed by atoms with van der Waals surface area (Å²) in [6.45, 7) is 2.99. The quantitative estimate of drug-likeness (QED) is 0.0934. The predicted octanol–water partition coefficient (Wildman–Crippen LogP) is 6.74. The number of halogens is 3. The van der Waals surface area contributed by atoms with Crippen LogP contribution in [0.25, 0.3) is 11.1 Å². The van der Waals surface area contributed by atoms with Gasteiger partial charge in [0.05, 0.1) is 12.6 Å². The number of alkyl carbamates (subject to hydrolysis) is 1. The molecule has 9 nitrogen and oxygen atoms in total. The summed E-state index contributed by atoms with van der Waals surface area (Å²) < 4.78 is 38.7. The fourth-order valence-corrected chi connectivity index (χ4v) is 6.54. The van der Waals surface area contributed by atoms with Crippen LogP contribution in [0.4, 0.5) is 13.6 Å². The lowest BCUT2D eigenvalue weighted by Gasteiger charge is -2.21. The molecule has 0 bridgehead atoms. The molecule has 5 N–H and O–H groups in total. The number of fused-ring (bicyclic) bond motifs is 3. The van der Waals surface area contributed by atoms with Gasteiger partial charge in [-0.1, -0.05) is 91.0 Å². The van der Waals surface area contributed by atoms with Gasteiger partial charge in [-0.3, -0.25) is 9.59 Å². The number of ether oxygens (including phenoxy) is 2. The second kappa shape index (κ2) is 19.0. The van der Waals surface area contributed by atoms with Gasteiger partial charge in [-0.15, -0.1) is 12.4 Å². The minimum Gasteiger partial charge on any atom is -0.494 e. The molecule has 0 saturated heterocycles. The van der Waals surface area contributed by atoms with Crippen LogP contribution in [0.15, 0.2) is 115 Å². The molecule has 2 atom stereocenters. The van der Waals surface area contributed by atoms with Crippen molar-refractivity contribution >= 4 is 30.3 Å². The molecule has 0 aromatic heterocycles. The summed E-state index contributed by atoms with van der Waals surface area (Å²) in [5.41, 5.74) is 13.5. The maximum Gasteiger partial charge on any atom is 0.407 e. The third-order valence-electron chi connectivity index (χ3n) is 9.35. The topological polar surface area (TPSA) is 132 Å². The SMILES string of the molecule is CCOc1ccc(CC(N)C(=O)NC(Cc2ccc(F)c(F)c2)C(=O)NCc2ccc(CNC(=O)OCC3c4ccccc4-c4ccccc43)cc2)cc1.Cl. The van der Waals surface area contributed by atoms with Crippen molar-refractivity contribution in [2.45, 2.75) is 50.9 Å². The van der Waals surface area contributed by atoms with Crippen LogP contribution in [0.2, 0.25) is 0 Å². The first-order valence-corrected chi connectivity index (χ1v) is 17.8. The van der Waals surface area contributed by atoms with Crippen LogP contribution >= 0.6 is 12.4 Å². The molecule has 2 unspecified atom stereocenters. The molecule has 1 aliphatic rings. The zero-order chi connectivity index (χ0) is 38.0. The fourth-order valence-electron chi connectivity index (χ4n) is 6.54. The van der Waals surface area contributed by atoms with Crippen molar-refractivity contribution in [3.63, 3.8) is 0 Å². The lowest BCUT2D eigenvalue weighted by Crippen LogP contribution is -2.53. The first-order chi connectivity index (χ1) is 26.2. The van der Waals surface area contributed by atoms with E-state index in [0.29, 0.717) is 17.9 Å². The van der Waals surface area contributed by atoms with Crippen molar-refractivity contribution in [2.75, 3.05) is 13.2 Å². The van der Waals surface area contributed by atoms with E-state index in [1.165, 1.54) is 6.07 Å². The maximum absolute atomic E-state index is 14.0. The van der Waals surface area contributed by atoms with Crippen molar-refractivity contribution in [1.29, 1.82) is 0 Å². The van der Waals surface area contributed by atoms with E-state index in [0.717, 1.165) is 51.1 Å². The second-order valence-corrected chi connectivity index (χ2v) is 13.1. The standard InChI is InChI=1S/C43H42F2N4O5.ClH/c1-2-53-31-18-15-27(16-19-31)22-39(46)41(50)49-40(23-30-17-20-37(44)38(45)21-30)42(51)47-24-28-11-13-29(14-12-28)25-48-43(52)54-26-36-34-9-5-3-7-32(34)33-8-4-6-10-35(33)36;/h3-21,36,39-40H,2,22-26,46H2,1H3,(H,47,51)(H,48,52)(H,49,50);1H. The molecule has 0 fully saturated rings. The summed E-state index contributed by atoms with van der Waals surface area (Å²) in [7, 11) is 0. The summed E-state index contributed by atoms with van der Waals surface area (Å²) in [6, 6.07) is 32.0. The number of nitrogens with two attached hydrogens (primary N) is 1. The Balaban J connectivity index is 0.00000580. The summed E-state index contributed by atoms with van der Waals surface area (Å²) >= 11 is 0. The zero-order valence-electron chi connectivity index (χ0n) is 30.2. The Hall–Kier alpha value is -5.78. The maximum atomic E-state index is 14.0. The van der Waals surface area contributed by atoms with E-state index >= 15 is 0 Å². The van der Waals surface area contributed by atoms with E-state index in [4.69, 9.17) is 15.2 Å². The molecule has 0 radical (unpaired) electrons. The molecule has 0 spiro atoms. The number of rotatable bonds is 15. The van der Waals surface area contributed by atoms with Crippen LogP contribution < -0.4 is 26.4 Å². The first kappa shape index (κ1) is 40.4. The van der Waals surface area contributed by atoms with Gasteiger partial charge in [0.2, 0.25) is 11.8 Å². The van der Waals surface area contributed by atoms with Gasteiger partial charge in [-0.2, -0.15) is 0 Å². The minimum atomic E-state index is -1.12. The molecule has 0 aliphatic heterocycles. The van der Waals surface area contributed by atoms with Crippen LogP contribution in [0.5, 0.6) is 5.75 Å². The Labute approximate surface area is 325 Å². The van der Waals surface area contributed by atoms with E-state index in [9.17, 15) is 23.2 Å². The fraction of sp³-hybridized carbons (Fsp3) is 0.233. The summed E-state index contributed by atoms with van der Waals surface area (Å²) in [6.07, 6.45) is -0.410. The number of nitrogens with one attached hydrogen (secondary N) is 3. The van der Waals surface area contributed by atoms with Gasteiger partial charge in [0.15, 0.2) is 11.6 Å². The van der Waals surface area contributed by atoms with Crippen molar-refractivity contribution in [3.05, 3.63) is 160 Å². The monoisotopic (exact) mass is 768 g/mol. The molecule has 5 aromatic carbocycles. The van der Waals surface area contributed by atoms with E-state index in [1.54, 1.807) is 12.1 Å². The molecule has 12 heteroatoms. The third kappa shape index (κ3) is 10.5. The average Bonchev–Trinajstić information content (AvgIpc) is 3.51. The van der Waals surface area contributed by atoms with Gasteiger partial charge in [-0.25, -0.2) is 13.6 Å². The van der Waals surface area contributed by atoms with Crippen LogP contribution in [0.1, 0.15) is 46.2 Å². The van der Waals surface area contributed by atoms with Crippen LogP contribution in [-0.4, -0.2) is 43.2 Å². The molecule has 3 amide bonds. The third-order valence-corrected chi connectivity index (χ3v) is 9.35. The van der Waals surface area contributed by atoms with E-state index in [-0.39, 0.29) is 50.9 Å². The minimum absolute atomic E-state index is 0. The molecule has 0 saturated carbocycles. The van der Waals surface area contributed by atoms with E-state index in [2.05, 4.69) is 40.2 Å². The molecule has 55 heavy (non-hydrogen) atoms. The highest BCUT2D eigenvalue weighted by molar-refractivity contribution is 5.90. The number of carbonyl (C=O) groups excluding carboxylic acids is 3. The van der Waals surface area contributed by atoms with Crippen LogP contribution in [0, 0.1) is 11.6 Å². The Morgan fingerprint density at radius 1 is 0.691 bits per heavy atom. The molecule has 286 valence electrons. The van der Waals surface area contributed by atoms with Crippen molar-refractivity contribution in [1.82, 2.24) is 16.0 Å². The average molecular weight is 769 g/mol. The van der Waals surface area contributed by atoms with Gasteiger partial charge in [-0.05, 0) is 82.1 Å². The summed E-state index contributed by atoms with van der Waals surface area (Å²) in [5, 5.41) is 8.31. The van der Waals surface area contributed by atoms with Crippen molar-refractivity contribution in [2.24, 2.45) is 5.73 Å². The Morgan fingerprint density at radius 3 is 1.85 bits per heavy atom. The van der Waals surface area contributed by atoms with Gasteiger partial charge >= 0.3 is 6.09 Å². The van der Waals surface area contributed by atoms with Gasteiger partial charge in [0, 0.05) is 25.4 Å². The van der Waals surface area contributed by atoms with Crippen LogP contribution in [0.3, 0.4) is 0 Å². The molecule has 0 heterocycles. The van der Waals surface area contributed by atoms with E-state index < -0.39 is 41.6 Å². The van der Waals surface area contributed by atoms with Crippen LogP contribution in [-0.2, 0) is 40.3 Å². The number of hydrogen-bond donors (Lipinski definition) is 4. The largest absolute Gasteiger partial charge is 0.494 e. The Bertz CT molecular complexity index is 2050. The van der Waals surface area contributed by atoms with Gasteiger partial charge < -0.3 is 31.2 Å². The zero-order valence-corrected chi connectivity index (χ0v) is 31.0. The number of hydrogen-bond acceptors (Lipinski definition) is 6. The highest BCUT2D eigenvalue weighted by atomic mass is 35.5. The highest BCUT2D eigenvalue weighted by Gasteiger charge is 2.29. The number of amides is 3. The molecular weight excluding hydrogens is 726 g/mol. The normalized spacial score (nSPS) is 12.7. The first-order valence-electron chi connectivity index (χ1n) is 17.8. The van der Waals surface area contributed by atoms with Gasteiger partial charge in [0.1, 0.15) is 18.4 Å². The second-order valence-electron chi connectivity index (χ2n) is 13.1. The Kier molecular flexibility index (Phi) is 14.0.